The van der Waals surface area contributed by atoms with Gasteiger partial charge in [0, 0.05) is 0 Å². The molecule has 6 heteroatoms. The molecule has 3 rings (SSSR count). The maximum atomic E-state index is 12.0. The van der Waals surface area contributed by atoms with Crippen molar-refractivity contribution in [3.8, 4) is 0 Å². The van der Waals surface area contributed by atoms with Gasteiger partial charge in [-0.1, -0.05) is 12.1 Å². The first-order chi connectivity index (χ1) is 10.5. The average Bonchev–Trinajstić information content (AvgIpc) is 2.94. The van der Waals surface area contributed by atoms with Crippen LogP contribution in [-0.4, -0.2) is 32.5 Å². The molecule has 0 bridgehead atoms. The van der Waals surface area contributed by atoms with Crippen LogP contribution in [0.25, 0.3) is 16.7 Å². The first-order valence-electron chi connectivity index (χ1n) is 7.17. The van der Waals surface area contributed by atoms with Crippen LogP contribution in [0.5, 0.6) is 0 Å². The second kappa shape index (κ2) is 5.29. The van der Waals surface area contributed by atoms with E-state index in [1.54, 1.807) is 22.9 Å². The zero-order chi connectivity index (χ0) is 15.9. The highest BCUT2D eigenvalue weighted by Gasteiger charge is 2.22. The average molecular weight is 299 g/mol. The fourth-order valence-corrected chi connectivity index (χ4v) is 2.83. The molecule has 3 aromatic rings. The second-order valence-corrected chi connectivity index (χ2v) is 5.13. The summed E-state index contributed by atoms with van der Waals surface area (Å²) in [5.74, 6) is -0.403. The number of carbonyl (C=O) groups excluding carboxylic acids is 2. The van der Waals surface area contributed by atoms with Gasteiger partial charge in [0.25, 0.3) is 0 Å². The zero-order valence-electron chi connectivity index (χ0n) is 12.8. The fraction of sp³-hybridized carbons (Fsp3) is 0.312. The molecule has 0 fully saturated rings. The van der Waals surface area contributed by atoms with Gasteiger partial charge in [-0.15, -0.1) is 0 Å². The predicted molar refractivity (Wildman–Crippen MR) is 82.1 cm³/mol. The molecule has 0 saturated carbocycles. The van der Waals surface area contributed by atoms with E-state index in [4.69, 9.17) is 4.74 Å². The summed E-state index contributed by atoms with van der Waals surface area (Å²) in [7, 11) is 0. The summed E-state index contributed by atoms with van der Waals surface area (Å²) in [6.45, 7) is 5.46. The second-order valence-electron chi connectivity index (χ2n) is 5.13. The van der Waals surface area contributed by atoms with Crippen LogP contribution in [0.3, 0.4) is 0 Å². The lowest BCUT2D eigenvalue weighted by atomic mass is 10.2. The van der Waals surface area contributed by atoms with Gasteiger partial charge < -0.3 is 9.30 Å². The van der Waals surface area contributed by atoms with Crippen LogP contribution in [0, 0.1) is 6.92 Å². The Labute approximate surface area is 127 Å². The smallest absolute Gasteiger partial charge is 0.326 e. The van der Waals surface area contributed by atoms with Crippen molar-refractivity contribution in [2.24, 2.45) is 0 Å². The van der Waals surface area contributed by atoms with E-state index in [1.807, 2.05) is 24.3 Å². The highest BCUT2D eigenvalue weighted by Crippen LogP contribution is 2.25. The topological polar surface area (TPSA) is 65.6 Å². The molecule has 6 nitrogen and oxygen atoms in total. The van der Waals surface area contributed by atoms with Gasteiger partial charge in [-0.3, -0.25) is 9.59 Å². The number of ketones is 1. The lowest BCUT2D eigenvalue weighted by Crippen LogP contribution is -2.14. The molecule has 0 aliphatic carbocycles. The molecule has 0 unspecified atom stereocenters. The lowest BCUT2D eigenvalue weighted by Gasteiger charge is -2.06. The van der Waals surface area contributed by atoms with E-state index in [2.05, 4.69) is 5.10 Å². The Morgan fingerprint density at radius 1 is 1.23 bits per heavy atom. The van der Waals surface area contributed by atoms with Gasteiger partial charge in [0.2, 0.25) is 0 Å². The van der Waals surface area contributed by atoms with Crippen molar-refractivity contribution in [1.29, 1.82) is 0 Å². The predicted octanol–water partition coefficient (Wildman–Crippen LogP) is 2.36. The van der Waals surface area contributed by atoms with Crippen molar-refractivity contribution in [1.82, 2.24) is 14.2 Å². The number of aryl methyl sites for hydroxylation is 1. The number of hydrogen-bond acceptors (Lipinski definition) is 4. The summed E-state index contributed by atoms with van der Waals surface area (Å²) in [6.07, 6.45) is 0. The van der Waals surface area contributed by atoms with Crippen molar-refractivity contribution >= 4 is 28.4 Å². The first-order valence-corrected chi connectivity index (χ1v) is 7.17. The maximum absolute atomic E-state index is 12.0. The van der Waals surface area contributed by atoms with Crippen molar-refractivity contribution in [2.45, 2.75) is 27.3 Å². The van der Waals surface area contributed by atoms with Crippen molar-refractivity contribution in [2.75, 3.05) is 6.61 Å². The number of carbonyl (C=O) groups is 2. The molecule has 2 aromatic heterocycles. The number of benzene rings is 1. The van der Waals surface area contributed by atoms with Gasteiger partial charge in [0.05, 0.1) is 28.9 Å². The van der Waals surface area contributed by atoms with E-state index in [1.165, 1.54) is 6.92 Å². The molecule has 2 heterocycles. The Hall–Kier alpha value is -2.63. The molecule has 0 N–H and O–H groups in total. The number of ether oxygens (including phenoxy) is 1. The summed E-state index contributed by atoms with van der Waals surface area (Å²) < 4.78 is 8.56. The minimum atomic E-state index is -0.334. The molecule has 1 aromatic carbocycles. The molecule has 22 heavy (non-hydrogen) atoms. The van der Waals surface area contributed by atoms with E-state index in [-0.39, 0.29) is 18.3 Å². The lowest BCUT2D eigenvalue weighted by molar-refractivity contribution is -0.143. The normalized spacial score (nSPS) is 11.2. The van der Waals surface area contributed by atoms with Crippen LogP contribution >= 0.6 is 0 Å². The monoisotopic (exact) mass is 299 g/mol. The SMILES string of the molecule is CCOC(=O)Cn1c2ccccc2n2nc(C)c(C(C)=O)c12. The van der Waals surface area contributed by atoms with Crippen LogP contribution in [0.2, 0.25) is 0 Å². The number of para-hydroxylation sites is 2. The number of aromatic nitrogens is 3. The quantitative estimate of drug-likeness (QED) is 0.548. The molecule has 0 aliphatic heterocycles. The Morgan fingerprint density at radius 2 is 1.91 bits per heavy atom. The van der Waals surface area contributed by atoms with Gasteiger partial charge in [-0.2, -0.15) is 5.10 Å². The van der Waals surface area contributed by atoms with Gasteiger partial charge in [0.1, 0.15) is 12.2 Å². The highest BCUT2D eigenvalue weighted by atomic mass is 16.5. The van der Waals surface area contributed by atoms with E-state index < -0.39 is 0 Å². The van der Waals surface area contributed by atoms with Crippen LogP contribution < -0.4 is 0 Å². The van der Waals surface area contributed by atoms with Crippen molar-refractivity contribution in [3.05, 3.63) is 35.5 Å². The minimum absolute atomic E-state index is 0.0519. The van der Waals surface area contributed by atoms with Crippen LogP contribution in [-0.2, 0) is 16.1 Å². The third-order valence-electron chi connectivity index (χ3n) is 3.64. The summed E-state index contributed by atoms with van der Waals surface area (Å²) in [5, 5.41) is 4.46. The summed E-state index contributed by atoms with van der Waals surface area (Å²) in [5.41, 5.74) is 3.54. The summed E-state index contributed by atoms with van der Waals surface area (Å²) in [6, 6.07) is 7.62. The molecule has 0 aliphatic rings. The minimum Gasteiger partial charge on any atom is -0.465 e. The standard InChI is InChI=1S/C16H17N3O3/c1-4-22-14(21)9-18-12-7-5-6-8-13(12)19-16(18)15(11(3)20)10(2)17-19/h5-8H,4,9H2,1-3H3. The van der Waals surface area contributed by atoms with E-state index >= 15 is 0 Å². The molecule has 114 valence electrons. The Balaban J connectivity index is 2.33. The third kappa shape index (κ3) is 2.07. The van der Waals surface area contributed by atoms with E-state index in [0.717, 1.165) is 11.0 Å². The third-order valence-corrected chi connectivity index (χ3v) is 3.64. The molecule has 0 spiro atoms. The number of esters is 1. The van der Waals surface area contributed by atoms with Crippen LogP contribution in [0.1, 0.15) is 29.9 Å². The number of nitrogens with zero attached hydrogens (tertiary/aromatic N) is 3. The molecule has 0 atom stereocenters. The molecule has 0 radical (unpaired) electrons. The van der Waals surface area contributed by atoms with Gasteiger partial charge >= 0.3 is 5.97 Å². The van der Waals surface area contributed by atoms with E-state index in [9.17, 15) is 9.59 Å². The van der Waals surface area contributed by atoms with Crippen LogP contribution in [0.4, 0.5) is 0 Å². The Bertz CT molecular complexity index is 889. The molecule has 0 saturated heterocycles. The van der Waals surface area contributed by atoms with Crippen molar-refractivity contribution in [3.63, 3.8) is 0 Å². The highest BCUT2D eigenvalue weighted by molar-refractivity contribution is 6.03. The number of imidazole rings is 1. The Kier molecular flexibility index (Phi) is 3.44. The molecule has 0 amide bonds. The number of hydrogen-bond donors (Lipinski definition) is 0. The van der Waals surface area contributed by atoms with Gasteiger partial charge in [0.15, 0.2) is 5.78 Å². The van der Waals surface area contributed by atoms with Crippen LogP contribution in [0.15, 0.2) is 24.3 Å². The first kappa shape index (κ1) is 14.3. The molecular weight excluding hydrogens is 282 g/mol. The molecular formula is C16H17N3O3. The number of rotatable bonds is 4. The fourth-order valence-electron chi connectivity index (χ4n) is 2.83. The van der Waals surface area contributed by atoms with E-state index in [0.29, 0.717) is 23.5 Å². The van der Waals surface area contributed by atoms with Crippen molar-refractivity contribution < 1.29 is 14.3 Å². The zero-order valence-corrected chi connectivity index (χ0v) is 12.8. The van der Waals surface area contributed by atoms with Gasteiger partial charge in [-0.05, 0) is 32.9 Å². The van der Waals surface area contributed by atoms with Gasteiger partial charge in [-0.25, -0.2) is 4.52 Å². The maximum Gasteiger partial charge on any atom is 0.326 e. The number of Topliss-reactive ketones (excluding diaryl/α,β-unsaturated/α-hetero) is 1. The summed E-state index contributed by atoms with van der Waals surface area (Å²) >= 11 is 0. The largest absolute Gasteiger partial charge is 0.465 e. The number of fused-ring (bicyclic) bond motifs is 3. The Morgan fingerprint density at radius 3 is 2.55 bits per heavy atom. The summed E-state index contributed by atoms with van der Waals surface area (Å²) in [4.78, 5) is 23.9.